The van der Waals surface area contributed by atoms with E-state index in [9.17, 15) is 4.79 Å². The van der Waals surface area contributed by atoms with Crippen molar-refractivity contribution in [3.63, 3.8) is 0 Å². The first-order valence-electron chi connectivity index (χ1n) is 6.96. The largest absolute Gasteiger partial charge is 0.468 e. The van der Waals surface area contributed by atoms with Crippen molar-refractivity contribution in [3.05, 3.63) is 0 Å². The zero-order chi connectivity index (χ0) is 14.1. The predicted molar refractivity (Wildman–Crippen MR) is 75.7 cm³/mol. The maximum absolute atomic E-state index is 11.7. The Bertz CT molecular complexity index is 232. The molecule has 0 spiro atoms. The highest BCUT2D eigenvalue weighted by Gasteiger charge is 2.20. The monoisotopic (exact) mass is 258 g/mol. The van der Waals surface area contributed by atoms with Gasteiger partial charge < -0.3 is 15.0 Å². The molecule has 2 unspecified atom stereocenters. The second kappa shape index (κ2) is 9.34. The first kappa shape index (κ1) is 17.4. The lowest BCUT2D eigenvalue weighted by Gasteiger charge is -2.27. The standard InChI is InChI=1S/C14H30N2O2/c1-7-8-12(4)16(5)10-9-13(14(17)18-6)15-11(2)3/h11-13,15H,7-10H2,1-6H3. The van der Waals surface area contributed by atoms with Crippen LogP contribution in [0.2, 0.25) is 0 Å². The van der Waals surface area contributed by atoms with Crippen LogP contribution in [0.15, 0.2) is 0 Å². The topological polar surface area (TPSA) is 41.6 Å². The molecule has 0 rings (SSSR count). The smallest absolute Gasteiger partial charge is 0.322 e. The van der Waals surface area contributed by atoms with Crippen LogP contribution in [0.4, 0.5) is 0 Å². The molecule has 0 bridgehead atoms. The van der Waals surface area contributed by atoms with E-state index in [0.717, 1.165) is 13.0 Å². The third-order valence-electron chi connectivity index (χ3n) is 3.25. The Kier molecular flexibility index (Phi) is 9.02. The molecule has 0 amide bonds. The normalized spacial score (nSPS) is 14.9. The van der Waals surface area contributed by atoms with Crippen molar-refractivity contribution in [2.75, 3.05) is 20.7 Å². The van der Waals surface area contributed by atoms with Crippen LogP contribution < -0.4 is 5.32 Å². The zero-order valence-electron chi connectivity index (χ0n) is 12.8. The first-order valence-corrected chi connectivity index (χ1v) is 6.96. The molecule has 0 fully saturated rings. The summed E-state index contributed by atoms with van der Waals surface area (Å²) in [6.45, 7) is 9.41. The van der Waals surface area contributed by atoms with E-state index in [1.54, 1.807) is 0 Å². The lowest BCUT2D eigenvalue weighted by molar-refractivity contribution is -0.143. The molecule has 0 radical (unpaired) electrons. The van der Waals surface area contributed by atoms with E-state index in [-0.39, 0.29) is 18.1 Å². The maximum atomic E-state index is 11.7. The number of nitrogens with one attached hydrogen (secondary N) is 1. The highest BCUT2D eigenvalue weighted by atomic mass is 16.5. The van der Waals surface area contributed by atoms with E-state index in [4.69, 9.17) is 4.74 Å². The van der Waals surface area contributed by atoms with Crippen molar-refractivity contribution in [3.8, 4) is 0 Å². The van der Waals surface area contributed by atoms with Gasteiger partial charge in [0.05, 0.1) is 7.11 Å². The minimum atomic E-state index is -0.203. The third-order valence-corrected chi connectivity index (χ3v) is 3.25. The number of carbonyl (C=O) groups is 1. The molecule has 0 heterocycles. The van der Waals surface area contributed by atoms with Gasteiger partial charge in [0.15, 0.2) is 0 Å². The lowest BCUT2D eigenvalue weighted by Crippen LogP contribution is -2.44. The molecule has 2 atom stereocenters. The van der Waals surface area contributed by atoms with Gasteiger partial charge in [-0.3, -0.25) is 4.79 Å². The molecule has 0 aliphatic rings. The quantitative estimate of drug-likeness (QED) is 0.643. The number of methoxy groups -OCH3 is 1. The van der Waals surface area contributed by atoms with Gasteiger partial charge in [0.1, 0.15) is 6.04 Å². The summed E-state index contributed by atoms with van der Waals surface area (Å²) >= 11 is 0. The van der Waals surface area contributed by atoms with Gasteiger partial charge >= 0.3 is 5.97 Å². The Morgan fingerprint density at radius 3 is 2.33 bits per heavy atom. The SMILES string of the molecule is CCCC(C)N(C)CCC(NC(C)C)C(=O)OC. The molecule has 4 heteroatoms. The number of esters is 1. The van der Waals surface area contributed by atoms with E-state index in [0.29, 0.717) is 6.04 Å². The van der Waals surface area contributed by atoms with Crippen LogP contribution in [0.25, 0.3) is 0 Å². The van der Waals surface area contributed by atoms with Gasteiger partial charge in [0, 0.05) is 18.6 Å². The lowest BCUT2D eigenvalue weighted by atomic mass is 10.1. The van der Waals surface area contributed by atoms with Gasteiger partial charge in [0.25, 0.3) is 0 Å². The number of nitrogens with zero attached hydrogens (tertiary/aromatic N) is 1. The first-order chi connectivity index (χ1) is 8.42. The average Bonchev–Trinajstić information content (AvgIpc) is 2.32. The molecular weight excluding hydrogens is 228 g/mol. The Hall–Kier alpha value is -0.610. The average molecular weight is 258 g/mol. The molecule has 0 aliphatic carbocycles. The summed E-state index contributed by atoms with van der Waals surface area (Å²) in [4.78, 5) is 14.0. The molecule has 0 aliphatic heterocycles. The van der Waals surface area contributed by atoms with Gasteiger partial charge in [0.2, 0.25) is 0 Å². The van der Waals surface area contributed by atoms with E-state index in [1.807, 2.05) is 13.8 Å². The van der Waals surface area contributed by atoms with Crippen LogP contribution in [0.1, 0.15) is 47.0 Å². The van der Waals surface area contributed by atoms with Crippen molar-refractivity contribution in [2.45, 2.75) is 65.1 Å². The second-order valence-electron chi connectivity index (χ2n) is 5.30. The highest BCUT2D eigenvalue weighted by molar-refractivity contribution is 5.75. The van der Waals surface area contributed by atoms with Gasteiger partial charge in [-0.15, -0.1) is 0 Å². The van der Waals surface area contributed by atoms with Crippen LogP contribution in [-0.2, 0) is 9.53 Å². The Labute approximate surface area is 112 Å². The number of hydrogen-bond acceptors (Lipinski definition) is 4. The van der Waals surface area contributed by atoms with Crippen LogP contribution in [-0.4, -0.2) is 49.7 Å². The number of rotatable bonds is 9. The Balaban J connectivity index is 4.20. The van der Waals surface area contributed by atoms with Gasteiger partial charge in [-0.2, -0.15) is 0 Å². The summed E-state index contributed by atoms with van der Waals surface area (Å²) in [6, 6.07) is 0.645. The van der Waals surface area contributed by atoms with Crippen LogP contribution >= 0.6 is 0 Å². The highest BCUT2D eigenvalue weighted by Crippen LogP contribution is 2.06. The van der Waals surface area contributed by atoms with Crippen molar-refractivity contribution < 1.29 is 9.53 Å². The molecule has 0 aromatic rings. The van der Waals surface area contributed by atoms with Crippen LogP contribution in [0, 0.1) is 0 Å². The van der Waals surface area contributed by atoms with Crippen LogP contribution in [0.5, 0.6) is 0 Å². The fourth-order valence-corrected chi connectivity index (χ4v) is 2.01. The molecule has 108 valence electrons. The van der Waals surface area contributed by atoms with Gasteiger partial charge in [-0.25, -0.2) is 0 Å². The van der Waals surface area contributed by atoms with Crippen molar-refractivity contribution in [1.82, 2.24) is 10.2 Å². The summed E-state index contributed by atoms with van der Waals surface area (Å²) in [5.41, 5.74) is 0. The summed E-state index contributed by atoms with van der Waals surface area (Å²) in [5.74, 6) is -0.166. The summed E-state index contributed by atoms with van der Waals surface area (Å²) < 4.78 is 4.83. The van der Waals surface area contributed by atoms with E-state index >= 15 is 0 Å². The predicted octanol–water partition coefficient (Wildman–Crippen LogP) is 2.04. The molecule has 4 nitrogen and oxygen atoms in total. The minimum absolute atomic E-state index is 0.166. The summed E-state index contributed by atoms with van der Waals surface area (Å²) in [6.07, 6.45) is 3.17. The summed E-state index contributed by atoms with van der Waals surface area (Å²) in [5, 5.41) is 3.26. The molecule has 0 aromatic carbocycles. The van der Waals surface area contributed by atoms with Crippen LogP contribution in [0.3, 0.4) is 0 Å². The van der Waals surface area contributed by atoms with Crippen molar-refractivity contribution >= 4 is 5.97 Å². The molecule has 0 aromatic heterocycles. The van der Waals surface area contributed by atoms with Gasteiger partial charge in [-0.05, 0) is 26.8 Å². The fourth-order valence-electron chi connectivity index (χ4n) is 2.01. The minimum Gasteiger partial charge on any atom is -0.468 e. The summed E-state index contributed by atoms with van der Waals surface area (Å²) in [7, 11) is 3.56. The Morgan fingerprint density at radius 2 is 1.89 bits per heavy atom. The maximum Gasteiger partial charge on any atom is 0.322 e. The Morgan fingerprint density at radius 1 is 1.28 bits per heavy atom. The number of hydrogen-bond donors (Lipinski definition) is 1. The van der Waals surface area contributed by atoms with Crippen molar-refractivity contribution in [1.29, 1.82) is 0 Å². The van der Waals surface area contributed by atoms with E-state index in [1.165, 1.54) is 20.0 Å². The zero-order valence-corrected chi connectivity index (χ0v) is 12.8. The third kappa shape index (κ3) is 6.97. The second-order valence-corrected chi connectivity index (χ2v) is 5.30. The molecule has 0 saturated heterocycles. The molecular formula is C14H30N2O2. The number of carbonyl (C=O) groups excluding carboxylic acids is 1. The van der Waals surface area contributed by atoms with Crippen molar-refractivity contribution in [2.24, 2.45) is 0 Å². The fraction of sp³-hybridized carbons (Fsp3) is 0.929. The molecule has 0 saturated carbocycles. The number of ether oxygens (including phenoxy) is 1. The molecule has 1 N–H and O–H groups in total. The van der Waals surface area contributed by atoms with E-state index < -0.39 is 0 Å². The van der Waals surface area contributed by atoms with E-state index in [2.05, 4.69) is 31.1 Å². The van der Waals surface area contributed by atoms with Gasteiger partial charge in [-0.1, -0.05) is 27.2 Å². The molecule has 18 heavy (non-hydrogen) atoms.